The highest BCUT2D eigenvalue weighted by molar-refractivity contribution is 5.81. The number of halogens is 1. The second-order valence-electron chi connectivity index (χ2n) is 6.33. The first-order valence-electron chi connectivity index (χ1n) is 7.66. The van der Waals surface area contributed by atoms with Crippen molar-refractivity contribution in [2.24, 2.45) is 0 Å². The maximum Gasteiger partial charge on any atom is 0.237 e. The van der Waals surface area contributed by atoms with E-state index in [-0.39, 0.29) is 23.8 Å². The number of likely N-dealkylation sites (N-methyl/N-ethyl adjacent to an activating group) is 1. The Bertz CT molecular complexity index is 482. The van der Waals surface area contributed by atoms with Gasteiger partial charge in [-0.3, -0.25) is 9.69 Å². The van der Waals surface area contributed by atoms with Crippen LogP contribution in [-0.4, -0.2) is 40.6 Å². The number of hydrogen-bond acceptors (Lipinski definition) is 3. The molecule has 1 aromatic rings. The van der Waals surface area contributed by atoms with Crippen molar-refractivity contribution in [2.75, 3.05) is 13.1 Å². The minimum Gasteiger partial charge on any atom is -0.389 e. The van der Waals surface area contributed by atoms with Crippen LogP contribution < -0.4 is 5.32 Å². The molecule has 1 amide bonds. The van der Waals surface area contributed by atoms with Crippen LogP contribution >= 0.6 is 0 Å². The fourth-order valence-corrected chi connectivity index (χ4v) is 2.35. The van der Waals surface area contributed by atoms with Gasteiger partial charge in [-0.1, -0.05) is 19.1 Å². The van der Waals surface area contributed by atoms with Crippen LogP contribution in [0.2, 0.25) is 0 Å². The van der Waals surface area contributed by atoms with E-state index in [2.05, 4.69) is 5.32 Å². The molecule has 0 aliphatic heterocycles. The van der Waals surface area contributed by atoms with E-state index in [1.165, 1.54) is 12.1 Å². The van der Waals surface area contributed by atoms with Crippen LogP contribution in [0.5, 0.6) is 0 Å². The van der Waals surface area contributed by atoms with Crippen LogP contribution in [0.25, 0.3) is 0 Å². The van der Waals surface area contributed by atoms with Gasteiger partial charge in [0, 0.05) is 6.54 Å². The Morgan fingerprint density at radius 2 is 1.86 bits per heavy atom. The van der Waals surface area contributed by atoms with Crippen molar-refractivity contribution in [3.63, 3.8) is 0 Å². The Balaban J connectivity index is 2.67. The van der Waals surface area contributed by atoms with Gasteiger partial charge in [0.15, 0.2) is 0 Å². The van der Waals surface area contributed by atoms with Gasteiger partial charge >= 0.3 is 0 Å². The summed E-state index contributed by atoms with van der Waals surface area (Å²) in [5.41, 5.74) is 0.000110. The first-order valence-corrected chi connectivity index (χ1v) is 7.66. The zero-order valence-electron chi connectivity index (χ0n) is 14.1. The van der Waals surface area contributed by atoms with Crippen LogP contribution in [0.4, 0.5) is 4.39 Å². The molecule has 2 atom stereocenters. The summed E-state index contributed by atoms with van der Waals surface area (Å²) in [6.45, 7) is 10.2. The third kappa shape index (κ3) is 5.73. The van der Waals surface area contributed by atoms with Crippen LogP contribution in [0, 0.1) is 5.82 Å². The molecule has 0 aromatic heterocycles. The lowest BCUT2D eigenvalue weighted by molar-refractivity contribution is -0.127. The lowest BCUT2D eigenvalue weighted by Gasteiger charge is -2.32. The highest BCUT2D eigenvalue weighted by atomic mass is 19.1. The quantitative estimate of drug-likeness (QED) is 0.813. The fourth-order valence-electron chi connectivity index (χ4n) is 2.35. The highest BCUT2D eigenvalue weighted by Crippen LogP contribution is 2.14. The normalized spacial score (nSPS) is 14.7. The second kappa shape index (κ2) is 7.70. The van der Waals surface area contributed by atoms with Crippen molar-refractivity contribution < 1.29 is 14.3 Å². The number of aliphatic hydroxyl groups is 1. The maximum atomic E-state index is 12.9. The molecule has 4 nitrogen and oxygen atoms in total. The summed E-state index contributed by atoms with van der Waals surface area (Å²) >= 11 is 0. The topological polar surface area (TPSA) is 52.6 Å². The number of benzene rings is 1. The summed E-state index contributed by atoms with van der Waals surface area (Å²) in [5.74, 6) is -0.402. The molecule has 124 valence electrons. The first-order chi connectivity index (χ1) is 10.1. The molecule has 0 saturated carbocycles. The first kappa shape index (κ1) is 18.6. The van der Waals surface area contributed by atoms with E-state index >= 15 is 0 Å². The molecule has 1 rings (SSSR count). The molecule has 0 spiro atoms. The molecule has 0 fully saturated rings. The van der Waals surface area contributed by atoms with Gasteiger partial charge in [0.2, 0.25) is 5.91 Å². The van der Waals surface area contributed by atoms with Gasteiger partial charge < -0.3 is 10.4 Å². The van der Waals surface area contributed by atoms with E-state index in [1.54, 1.807) is 26.0 Å². The van der Waals surface area contributed by atoms with E-state index in [1.807, 2.05) is 25.7 Å². The van der Waals surface area contributed by atoms with Crippen molar-refractivity contribution >= 4 is 5.91 Å². The predicted molar refractivity (Wildman–Crippen MR) is 86.0 cm³/mol. The van der Waals surface area contributed by atoms with E-state index in [4.69, 9.17) is 0 Å². The summed E-state index contributed by atoms with van der Waals surface area (Å²) in [6.07, 6.45) is 0. The number of nitrogens with one attached hydrogen (secondary N) is 1. The average Bonchev–Trinajstić information content (AvgIpc) is 2.43. The SMILES string of the molecule is CCN(CC(C)(C)O)C(C)C(=O)NC(C)c1ccc(F)cc1. The largest absolute Gasteiger partial charge is 0.389 e. The van der Waals surface area contributed by atoms with Crippen LogP contribution in [-0.2, 0) is 4.79 Å². The fraction of sp³-hybridized carbons (Fsp3) is 0.588. The summed E-state index contributed by atoms with van der Waals surface area (Å²) in [4.78, 5) is 14.3. The molecule has 0 heterocycles. The summed E-state index contributed by atoms with van der Waals surface area (Å²) < 4.78 is 12.9. The molecule has 0 bridgehead atoms. The van der Waals surface area contributed by atoms with Gasteiger partial charge in [0.1, 0.15) is 5.82 Å². The van der Waals surface area contributed by atoms with E-state index in [9.17, 15) is 14.3 Å². The maximum absolute atomic E-state index is 12.9. The molecule has 0 saturated heterocycles. The van der Waals surface area contributed by atoms with Gasteiger partial charge in [0.25, 0.3) is 0 Å². The van der Waals surface area contributed by atoms with Gasteiger partial charge in [-0.05, 0) is 51.9 Å². The number of nitrogens with zero attached hydrogens (tertiary/aromatic N) is 1. The Morgan fingerprint density at radius 3 is 2.32 bits per heavy atom. The van der Waals surface area contributed by atoms with Crippen molar-refractivity contribution in [2.45, 2.75) is 52.3 Å². The molecule has 22 heavy (non-hydrogen) atoms. The molecular formula is C17H27FN2O2. The number of carbonyl (C=O) groups is 1. The molecular weight excluding hydrogens is 283 g/mol. The smallest absolute Gasteiger partial charge is 0.237 e. The second-order valence-corrected chi connectivity index (χ2v) is 6.33. The Morgan fingerprint density at radius 1 is 1.32 bits per heavy atom. The van der Waals surface area contributed by atoms with Gasteiger partial charge in [0.05, 0.1) is 17.7 Å². The van der Waals surface area contributed by atoms with Gasteiger partial charge in [-0.15, -0.1) is 0 Å². The predicted octanol–water partition coefficient (Wildman–Crippen LogP) is 2.48. The van der Waals surface area contributed by atoms with Crippen molar-refractivity contribution in [3.8, 4) is 0 Å². The van der Waals surface area contributed by atoms with Crippen molar-refractivity contribution in [3.05, 3.63) is 35.6 Å². The lowest BCUT2D eigenvalue weighted by Crippen LogP contribution is -2.50. The molecule has 0 aliphatic rings. The monoisotopic (exact) mass is 310 g/mol. The molecule has 0 radical (unpaired) electrons. The minimum absolute atomic E-state index is 0.108. The van der Waals surface area contributed by atoms with Crippen molar-refractivity contribution in [1.82, 2.24) is 10.2 Å². The third-order valence-corrected chi connectivity index (χ3v) is 3.65. The molecule has 1 aromatic carbocycles. The van der Waals surface area contributed by atoms with Crippen LogP contribution in [0.1, 0.15) is 46.2 Å². The van der Waals surface area contributed by atoms with Crippen LogP contribution in [0.15, 0.2) is 24.3 Å². The highest BCUT2D eigenvalue weighted by Gasteiger charge is 2.26. The molecule has 5 heteroatoms. The van der Waals surface area contributed by atoms with E-state index < -0.39 is 5.60 Å². The van der Waals surface area contributed by atoms with Gasteiger partial charge in [-0.25, -0.2) is 4.39 Å². The van der Waals surface area contributed by atoms with Crippen molar-refractivity contribution in [1.29, 1.82) is 0 Å². The summed E-state index contributed by atoms with van der Waals surface area (Å²) in [7, 11) is 0. The zero-order valence-corrected chi connectivity index (χ0v) is 14.1. The standard InChI is InChI=1S/C17H27FN2O2/c1-6-20(11-17(4,5)22)13(3)16(21)19-12(2)14-7-9-15(18)10-8-14/h7-10,12-13,22H,6,11H2,1-5H3,(H,19,21). The minimum atomic E-state index is -0.854. The Kier molecular flexibility index (Phi) is 6.50. The number of amides is 1. The van der Waals surface area contributed by atoms with Gasteiger partial charge in [-0.2, -0.15) is 0 Å². The number of carbonyl (C=O) groups excluding carboxylic acids is 1. The molecule has 2 unspecified atom stereocenters. The zero-order chi connectivity index (χ0) is 16.9. The van der Waals surface area contributed by atoms with E-state index in [0.717, 1.165) is 5.56 Å². The summed E-state index contributed by atoms with van der Waals surface area (Å²) in [6, 6.07) is 5.55. The number of rotatable bonds is 7. The lowest BCUT2D eigenvalue weighted by atomic mass is 10.1. The van der Waals surface area contributed by atoms with E-state index in [0.29, 0.717) is 13.1 Å². The van der Waals surface area contributed by atoms with Crippen LogP contribution in [0.3, 0.4) is 0 Å². The Hall–Kier alpha value is -1.46. The molecule has 2 N–H and O–H groups in total. The average molecular weight is 310 g/mol. The number of hydrogen-bond donors (Lipinski definition) is 2. The third-order valence-electron chi connectivity index (χ3n) is 3.65. The Labute approximate surface area is 132 Å². The molecule has 0 aliphatic carbocycles. The summed E-state index contributed by atoms with van der Waals surface area (Å²) in [5, 5.41) is 12.9.